The molecular formula is C20H24ClN3O2. The predicted molar refractivity (Wildman–Crippen MR) is 102 cm³/mol. The van der Waals surface area contributed by atoms with Crippen molar-refractivity contribution in [3.05, 3.63) is 35.0 Å². The molecule has 2 saturated carbocycles. The Morgan fingerprint density at radius 2 is 2.23 bits per heavy atom. The summed E-state index contributed by atoms with van der Waals surface area (Å²) in [6.07, 6.45) is 6.78. The highest BCUT2D eigenvalue weighted by Gasteiger charge is 2.41. The maximum Gasteiger partial charge on any atom is 0.267 e. The number of nitrogens with one attached hydrogen (secondary N) is 2. The summed E-state index contributed by atoms with van der Waals surface area (Å²) in [5.74, 6) is 2.28. The van der Waals surface area contributed by atoms with Crippen LogP contribution in [-0.2, 0) is 4.79 Å². The zero-order valence-electron chi connectivity index (χ0n) is 15.1. The van der Waals surface area contributed by atoms with E-state index in [-0.39, 0.29) is 11.6 Å². The third-order valence-corrected chi connectivity index (χ3v) is 5.94. The summed E-state index contributed by atoms with van der Waals surface area (Å²) in [5.41, 5.74) is 0.467. The highest BCUT2D eigenvalue weighted by molar-refractivity contribution is 6.31. The molecule has 138 valence electrons. The van der Waals surface area contributed by atoms with E-state index in [2.05, 4.69) is 17.6 Å². The normalized spacial score (nSPS) is 25.5. The van der Waals surface area contributed by atoms with Gasteiger partial charge in [0, 0.05) is 17.3 Å². The smallest absolute Gasteiger partial charge is 0.267 e. The molecule has 1 aromatic carbocycles. The van der Waals surface area contributed by atoms with Crippen LogP contribution in [0.3, 0.4) is 0 Å². The van der Waals surface area contributed by atoms with Gasteiger partial charge in [0.15, 0.2) is 0 Å². The van der Waals surface area contributed by atoms with Gasteiger partial charge in [0.05, 0.1) is 12.8 Å². The summed E-state index contributed by atoms with van der Waals surface area (Å²) in [5, 5.41) is 15.8. The SMILES string of the molecule is COc1ccc(Cl)cc1NC(=O)/C(C#N)=C\NC(C)C1CC2CCC1C2. The molecule has 0 spiro atoms. The van der Waals surface area contributed by atoms with E-state index in [1.54, 1.807) is 18.2 Å². The van der Waals surface area contributed by atoms with Crippen LogP contribution >= 0.6 is 11.6 Å². The maximum atomic E-state index is 12.4. The van der Waals surface area contributed by atoms with E-state index in [1.807, 2.05) is 6.07 Å². The molecule has 1 aromatic rings. The van der Waals surface area contributed by atoms with E-state index >= 15 is 0 Å². The molecule has 0 radical (unpaired) electrons. The summed E-state index contributed by atoms with van der Waals surface area (Å²) in [4.78, 5) is 12.4. The first kappa shape index (κ1) is 18.6. The standard InChI is InChI=1S/C20H24ClN3O2/c1-12(17-8-13-3-4-14(17)7-13)23-11-15(10-22)20(25)24-18-9-16(21)5-6-19(18)26-2/h5-6,9,11-14,17,23H,3-4,7-8H2,1-2H3,(H,24,25)/b15-11-. The van der Waals surface area contributed by atoms with Crippen molar-refractivity contribution in [2.45, 2.75) is 38.6 Å². The van der Waals surface area contributed by atoms with Gasteiger partial charge in [-0.3, -0.25) is 4.79 Å². The van der Waals surface area contributed by atoms with E-state index in [4.69, 9.17) is 16.3 Å². The van der Waals surface area contributed by atoms with Crippen molar-refractivity contribution >= 4 is 23.2 Å². The fraction of sp³-hybridized carbons (Fsp3) is 0.500. The van der Waals surface area contributed by atoms with Gasteiger partial charge in [-0.2, -0.15) is 5.26 Å². The van der Waals surface area contributed by atoms with Crippen molar-refractivity contribution in [3.8, 4) is 11.8 Å². The van der Waals surface area contributed by atoms with Gasteiger partial charge in [0.25, 0.3) is 5.91 Å². The van der Waals surface area contributed by atoms with Crippen molar-refractivity contribution in [1.29, 1.82) is 5.26 Å². The molecule has 26 heavy (non-hydrogen) atoms. The van der Waals surface area contributed by atoms with Gasteiger partial charge in [-0.1, -0.05) is 18.0 Å². The molecule has 2 fully saturated rings. The van der Waals surface area contributed by atoms with Crippen molar-refractivity contribution in [2.24, 2.45) is 17.8 Å². The number of halogens is 1. The van der Waals surface area contributed by atoms with Crippen molar-refractivity contribution in [1.82, 2.24) is 5.32 Å². The lowest BCUT2D eigenvalue weighted by Gasteiger charge is -2.28. The second-order valence-corrected chi connectivity index (χ2v) is 7.70. The first-order valence-electron chi connectivity index (χ1n) is 9.03. The Balaban J connectivity index is 1.64. The van der Waals surface area contributed by atoms with Gasteiger partial charge >= 0.3 is 0 Å². The number of ether oxygens (including phenoxy) is 1. The number of hydrogen-bond acceptors (Lipinski definition) is 4. The number of nitrogens with zero attached hydrogens (tertiary/aromatic N) is 1. The fourth-order valence-electron chi connectivity index (χ4n) is 4.36. The molecule has 0 aromatic heterocycles. The molecule has 6 heteroatoms. The van der Waals surface area contributed by atoms with E-state index in [9.17, 15) is 10.1 Å². The number of carbonyl (C=O) groups is 1. The van der Waals surface area contributed by atoms with Crippen molar-refractivity contribution in [2.75, 3.05) is 12.4 Å². The molecule has 4 atom stereocenters. The van der Waals surface area contributed by atoms with Gasteiger partial charge in [0.2, 0.25) is 0 Å². The second-order valence-electron chi connectivity index (χ2n) is 7.26. The molecule has 2 bridgehead atoms. The Morgan fingerprint density at radius 1 is 1.42 bits per heavy atom. The minimum absolute atomic E-state index is 0.0297. The van der Waals surface area contributed by atoms with Gasteiger partial charge in [-0.05, 0) is 62.1 Å². The van der Waals surface area contributed by atoms with E-state index in [1.165, 1.54) is 39.0 Å². The lowest BCUT2D eigenvalue weighted by atomic mass is 9.84. The number of benzene rings is 1. The van der Waals surface area contributed by atoms with Crippen LogP contribution in [0, 0.1) is 29.1 Å². The van der Waals surface area contributed by atoms with Gasteiger partial charge in [0.1, 0.15) is 17.4 Å². The van der Waals surface area contributed by atoms with Gasteiger partial charge in [-0.25, -0.2) is 0 Å². The van der Waals surface area contributed by atoms with Crippen molar-refractivity contribution < 1.29 is 9.53 Å². The molecule has 4 unspecified atom stereocenters. The molecule has 2 N–H and O–H groups in total. The van der Waals surface area contributed by atoms with E-state index in [0.29, 0.717) is 22.4 Å². The number of carbonyl (C=O) groups excluding carboxylic acids is 1. The predicted octanol–water partition coefficient (Wildman–Crippen LogP) is 4.11. The summed E-state index contributed by atoms with van der Waals surface area (Å²) >= 11 is 5.98. The van der Waals surface area contributed by atoms with E-state index in [0.717, 1.165) is 11.8 Å². The number of amides is 1. The summed E-state index contributed by atoms with van der Waals surface area (Å²) in [6.45, 7) is 2.13. The number of methoxy groups -OCH3 is 1. The largest absolute Gasteiger partial charge is 0.495 e. The Hall–Kier alpha value is -2.19. The molecule has 3 rings (SSSR count). The zero-order valence-corrected chi connectivity index (χ0v) is 15.8. The fourth-order valence-corrected chi connectivity index (χ4v) is 4.53. The summed E-state index contributed by atoms with van der Waals surface area (Å²) in [7, 11) is 1.51. The average molecular weight is 374 g/mol. The first-order valence-corrected chi connectivity index (χ1v) is 9.40. The Kier molecular flexibility index (Phi) is 5.73. The Labute approximate surface area is 159 Å². The minimum atomic E-state index is -0.485. The van der Waals surface area contributed by atoms with Crippen LogP contribution in [0.5, 0.6) is 5.75 Å². The number of rotatable bonds is 6. The van der Waals surface area contributed by atoms with E-state index < -0.39 is 5.91 Å². The lowest BCUT2D eigenvalue weighted by molar-refractivity contribution is -0.112. The molecule has 0 aliphatic heterocycles. The van der Waals surface area contributed by atoms with Crippen LogP contribution in [0.15, 0.2) is 30.0 Å². The Bertz CT molecular complexity index is 756. The van der Waals surface area contributed by atoms with Crippen LogP contribution in [0.4, 0.5) is 5.69 Å². The second kappa shape index (κ2) is 8.01. The molecule has 2 aliphatic rings. The molecule has 0 heterocycles. The molecule has 2 aliphatic carbocycles. The zero-order chi connectivity index (χ0) is 18.7. The topological polar surface area (TPSA) is 74.1 Å². The number of fused-ring (bicyclic) bond motifs is 2. The van der Waals surface area contributed by atoms with Gasteiger partial charge in [-0.15, -0.1) is 0 Å². The van der Waals surface area contributed by atoms with Crippen LogP contribution in [-0.4, -0.2) is 19.1 Å². The molecular weight excluding hydrogens is 350 g/mol. The summed E-state index contributed by atoms with van der Waals surface area (Å²) in [6, 6.07) is 7.16. The lowest BCUT2D eigenvalue weighted by Crippen LogP contribution is -2.34. The monoisotopic (exact) mass is 373 g/mol. The van der Waals surface area contributed by atoms with Crippen LogP contribution in [0.2, 0.25) is 5.02 Å². The molecule has 5 nitrogen and oxygen atoms in total. The highest BCUT2D eigenvalue weighted by atomic mass is 35.5. The quantitative estimate of drug-likeness (QED) is 0.581. The van der Waals surface area contributed by atoms with Crippen LogP contribution < -0.4 is 15.4 Å². The minimum Gasteiger partial charge on any atom is -0.495 e. The average Bonchev–Trinajstić information content (AvgIpc) is 3.25. The Morgan fingerprint density at radius 3 is 2.85 bits per heavy atom. The highest BCUT2D eigenvalue weighted by Crippen LogP contribution is 2.49. The third-order valence-electron chi connectivity index (χ3n) is 5.70. The van der Waals surface area contributed by atoms with Crippen molar-refractivity contribution in [3.63, 3.8) is 0 Å². The van der Waals surface area contributed by atoms with Crippen LogP contribution in [0.25, 0.3) is 0 Å². The molecule has 0 saturated heterocycles. The molecule has 1 amide bonds. The first-order chi connectivity index (χ1) is 12.5. The number of hydrogen-bond donors (Lipinski definition) is 2. The van der Waals surface area contributed by atoms with Gasteiger partial charge < -0.3 is 15.4 Å². The third kappa shape index (κ3) is 3.96. The summed E-state index contributed by atoms with van der Waals surface area (Å²) < 4.78 is 5.22. The maximum absolute atomic E-state index is 12.4. The number of nitriles is 1. The van der Waals surface area contributed by atoms with Crippen LogP contribution in [0.1, 0.15) is 32.6 Å². The number of anilines is 1.